The molecule has 1 heterocycles. The van der Waals surface area contributed by atoms with E-state index in [1.54, 1.807) is 38.7 Å². The molecule has 3 aromatic rings. The lowest BCUT2D eigenvalue weighted by atomic mass is 10.0. The van der Waals surface area contributed by atoms with E-state index in [-0.39, 0.29) is 11.4 Å². The Labute approximate surface area is 155 Å². The Bertz CT molecular complexity index is 935. The first kappa shape index (κ1) is 18.5. The van der Waals surface area contributed by atoms with Crippen molar-refractivity contribution in [2.45, 2.75) is 6.61 Å². The summed E-state index contributed by atoms with van der Waals surface area (Å²) in [5, 5.41) is 0. The molecule has 0 bridgehead atoms. The second-order valence-electron chi connectivity index (χ2n) is 5.79. The van der Waals surface area contributed by atoms with Crippen LogP contribution in [0.2, 0.25) is 0 Å². The molecule has 0 aliphatic rings. The summed E-state index contributed by atoms with van der Waals surface area (Å²) in [6.45, 7) is -2.94. The summed E-state index contributed by atoms with van der Waals surface area (Å²) >= 11 is 0. The average molecular weight is 375 g/mol. The van der Waals surface area contributed by atoms with E-state index in [4.69, 9.17) is 15.2 Å². The maximum atomic E-state index is 12.5. The van der Waals surface area contributed by atoms with Crippen molar-refractivity contribution in [2.75, 3.05) is 20.0 Å². The number of halogens is 2. The van der Waals surface area contributed by atoms with Crippen molar-refractivity contribution in [2.24, 2.45) is 7.05 Å². The van der Waals surface area contributed by atoms with Gasteiger partial charge in [0.25, 0.3) is 0 Å². The number of rotatable bonds is 6. The van der Waals surface area contributed by atoms with Crippen molar-refractivity contribution < 1.29 is 23.0 Å². The number of nitrogen functional groups attached to an aromatic ring is 1. The average Bonchev–Trinajstić information content (AvgIpc) is 3.04. The Morgan fingerprint density at radius 2 is 1.67 bits per heavy atom. The number of nitrogens with two attached hydrogens (primary N) is 1. The third kappa shape index (κ3) is 3.79. The molecule has 8 heteroatoms. The fraction of sp³-hybridized carbons (Fsp3) is 0.211. The van der Waals surface area contributed by atoms with Gasteiger partial charge in [0, 0.05) is 24.2 Å². The number of alkyl halides is 2. The smallest absolute Gasteiger partial charge is 0.387 e. The number of aromatic nitrogens is 2. The number of anilines is 1. The van der Waals surface area contributed by atoms with Crippen LogP contribution in [0.3, 0.4) is 0 Å². The van der Waals surface area contributed by atoms with E-state index >= 15 is 0 Å². The molecule has 0 amide bonds. The number of hydrogen-bond acceptors (Lipinski definition) is 5. The van der Waals surface area contributed by atoms with E-state index < -0.39 is 6.61 Å². The predicted molar refractivity (Wildman–Crippen MR) is 98.2 cm³/mol. The summed E-state index contributed by atoms with van der Waals surface area (Å²) in [6.07, 6.45) is 1.66. The molecular weight excluding hydrogens is 356 g/mol. The van der Waals surface area contributed by atoms with Crippen LogP contribution in [-0.2, 0) is 7.05 Å². The fourth-order valence-corrected chi connectivity index (χ4v) is 2.83. The third-order valence-electron chi connectivity index (χ3n) is 4.06. The van der Waals surface area contributed by atoms with E-state index in [0.717, 1.165) is 11.3 Å². The summed E-state index contributed by atoms with van der Waals surface area (Å²) in [6, 6.07) is 10.1. The highest BCUT2D eigenvalue weighted by molar-refractivity contribution is 5.81. The molecule has 0 fully saturated rings. The molecule has 0 spiro atoms. The van der Waals surface area contributed by atoms with Gasteiger partial charge < -0.3 is 24.5 Å². The molecule has 3 rings (SSSR count). The van der Waals surface area contributed by atoms with Crippen LogP contribution in [0.4, 0.5) is 14.5 Å². The molecule has 2 N–H and O–H groups in total. The summed E-state index contributed by atoms with van der Waals surface area (Å²) < 4.78 is 41.8. The lowest BCUT2D eigenvalue weighted by molar-refractivity contribution is -0.0493. The van der Waals surface area contributed by atoms with Crippen LogP contribution in [0.1, 0.15) is 0 Å². The van der Waals surface area contributed by atoms with Gasteiger partial charge >= 0.3 is 6.61 Å². The number of hydrogen-bond donors (Lipinski definition) is 1. The number of imidazole rings is 1. The molecule has 0 unspecified atom stereocenters. The van der Waals surface area contributed by atoms with Gasteiger partial charge in [-0.15, -0.1) is 0 Å². The van der Waals surface area contributed by atoms with Gasteiger partial charge in [-0.05, 0) is 30.3 Å². The van der Waals surface area contributed by atoms with Crippen LogP contribution in [0.15, 0.2) is 42.7 Å². The van der Waals surface area contributed by atoms with Crippen LogP contribution in [-0.4, -0.2) is 30.4 Å². The molecule has 2 aromatic carbocycles. The first-order valence-corrected chi connectivity index (χ1v) is 8.02. The van der Waals surface area contributed by atoms with Crippen LogP contribution in [0.25, 0.3) is 22.5 Å². The zero-order valence-corrected chi connectivity index (χ0v) is 15.1. The molecule has 6 nitrogen and oxygen atoms in total. The van der Waals surface area contributed by atoms with Crippen molar-refractivity contribution in [1.29, 1.82) is 0 Å². The minimum atomic E-state index is -2.94. The highest BCUT2D eigenvalue weighted by Gasteiger charge is 2.17. The monoisotopic (exact) mass is 375 g/mol. The van der Waals surface area contributed by atoms with E-state index in [0.29, 0.717) is 22.8 Å². The molecule has 0 saturated carbocycles. The predicted octanol–water partition coefficient (Wildman–Crippen LogP) is 3.95. The second-order valence-corrected chi connectivity index (χ2v) is 5.79. The molecule has 1 aromatic heterocycles. The maximum Gasteiger partial charge on any atom is 0.387 e. The number of methoxy groups -OCH3 is 2. The van der Waals surface area contributed by atoms with Crippen LogP contribution < -0.4 is 19.9 Å². The highest BCUT2D eigenvalue weighted by atomic mass is 19.3. The van der Waals surface area contributed by atoms with Gasteiger partial charge in [0.1, 0.15) is 17.2 Å². The minimum Gasteiger partial charge on any atom is -0.497 e. The van der Waals surface area contributed by atoms with E-state index in [9.17, 15) is 8.78 Å². The Morgan fingerprint density at radius 3 is 2.22 bits per heavy atom. The molecular formula is C19H19F2N3O3. The summed E-state index contributed by atoms with van der Waals surface area (Å²) in [5.41, 5.74) is 8.93. The number of benzene rings is 2. The number of aryl methyl sites for hydroxylation is 1. The molecule has 0 radical (unpaired) electrons. The van der Waals surface area contributed by atoms with Crippen molar-refractivity contribution >= 4 is 5.69 Å². The minimum absolute atomic E-state index is 0.0690. The van der Waals surface area contributed by atoms with Crippen LogP contribution in [0.5, 0.6) is 17.2 Å². The van der Waals surface area contributed by atoms with E-state index in [1.807, 2.05) is 23.7 Å². The summed E-state index contributed by atoms with van der Waals surface area (Å²) in [4.78, 5) is 4.47. The topological polar surface area (TPSA) is 71.5 Å². The quantitative estimate of drug-likeness (QED) is 0.661. The Balaban J connectivity index is 2.10. The highest BCUT2D eigenvalue weighted by Crippen LogP contribution is 2.37. The molecule has 27 heavy (non-hydrogen) atoms. The van der Waals surface area contributed by atoms with Crippen molar-refractivity contribution in [3.8, 4) is 39.8 Å². The Kier molecular flexibility index (Phi) is 5.16. The summed E-state index contributed by atoms with van der Waals surface area (Å²) in [7, 11) is 4.98. The molecule has 0 atom stereocenters. The molecule has 0 saturated heterocycles. The lowest BCUT2D eigenvalue weighted by Crippen LogP contribution is -2.04. The van der Waals surface area contributed by atoms with E-state index in [1.165, 1.54) is 6.07 Å². The number of nitrogens with zero attached hydrogens (tertiary/aromatic N) is 2. The molecule has 0 aliphatic heterocycles. The van der Waals surface area contributed by atoms with Gasteiger partial charge in [0.15, 0.2) is 0 Å². The van der Waals surface area contributed by atoms with Crippen molar-refractivity contribution in [3.05, 3.63) is 42.7 Å². The second kappa shape index (κ2) is 7.53. The zero-order valence-electron chi connectivity index (χ0n) is 15.1. The Hall–Kier alpha value is -3.29. The fourth-order valence-electron chi connectivity index (χ4n) is 2.83. The van der Waals surface area contributed by atoms with Crippen LogP contribution in [0, 0.1) is 0 Å². The van der Waals surface area contributed by atoms with E-state index in [2.05, 4.69) is 9.72 Å². The maximum absolute atomic E-state index is 12.5. The van der Waals surface area contributed by atoms with Gasteiger partial charge in [-0.25, -0.2) is 4.98 Å². The first-order valence-electron chi connectivity index (χ1n) is 8.02. The van der Waals surface area contributed by atoms with Crippen LogP contribution >= 0.6 is 0 Å². The van der Waals surface area contributed by atoms with Gasteiger partial charge in [-0.2, -0.15) is 8.78 Å². The van der Waals surface area contributed by atoms with Gasteiger partial charge in [-0.1, -0.05) is 0 Å². The first-order chi connectivity index (χ1) is 12.9. The zero-order chi connectivity index (χ0) is 19.6. The largest absolute Gasteiger partial charge is 0.497 e. The standard InChI is InChI=1S/C19H19F2N3O3/c1-24-10-23-17(12-6-13(25-2)9-14(7-12)26-3)18(24)11-4-5-16(15(22)8-11)27-19(20)21/h4-10,19H,22H2,1-3H3. The molecule has 142 valence electrons. The van der Waals surface area contributed by atoms with Gasteiger partial charge in [0.05, 0.1) is 37.6 Å². The lowest BCUT2D eigenvalue weighted by Gasteiger charge is -2.12. The van der Waals surface area contributed by atoms with Crippen molar-refractivity contribution in [1.82, 2.24) is 9.55 Å². The Morgan fingerprint density at radius 1 is 1.00 bits per heavy atom. The van der Waals surface area contributed by atoms with Crippen molar-refractivity contribution in [3.63, 3.8) is 0 Å². The van der Waals surface area contributed by atoms with Gasteiger partial charge in [-0.3, -0.25) is 0 Å². The normalized spacial score (nSPS) is 10.9. The molecule has 0 aliphatic carbocycles. The SMILES string of the molecule is COc1cc(OC)cc(-c2ncn(C)c2-c2ccc(OC(F)F)c(N)c2)c1. The number of ether oxygens (including phenoxy) is 3. The third-order valence-corrected chi connectivity index (χ3v) is 4.06. The van der Waals surface area contributed by atoms with Gasteiger partial charge in [0.2, 0.25) is 0 Å². The summed E-state index contributed by atoms with van der Waals surface area (Å²) in [5.74, 6) is 1.18.